The third kappa shape index (κ3) is 4.11. The molecule has 0 aromatic carbocycles. The highest BCUT2D eigenvalue weighted by molar-refractivity contribution is 7.99. The first-order chi connectivity index (χ1) is 9.72. The number of hydrogen-bond acceptors (Lipinski definition) is 5. The van der Waals surface area contributed by atoms with Crippen LogP contribution < -0.4 is 10.2 Å². The van der Waals surface area contributed by atoms with Gasteiger partial charge in [0.2, 0.25) is 0 Å². The van der Waals surface area contributed by atoms with Gasteiger partial charge in [-0.2, -0.15) is 11.8 Å². The summed E-state index contributed by atoms with van der Waals surface area (Å²) in [6.07, 6.45) is 2.00. The molecule has 1 unspecified atom stereocenters. The predicted molar refractivity (Wildman–Crippen MR) is 86.7 cm³/mol. The Morgan fingerprint density at radius 3 is 3.10 bits per heavy atom. The monoisotopic (exact) mass is 295 g/mol. The molecule has 1 N–H and O–H groups in total. The van der Waals surface area contributed by atoms with Crippen LogP contribution in [0.25, 0.3) is 0 Å². The zero-order valence-corrected chi connectivity index (χ0v) is 13.5. The SMILES string of the molecule is COCCNCc1cnc(N2CCSCC2C)c(C)c1. The molecule has 2 heterocycles. The Balaban J connectivity index is 1.98. The van der Waals surface area contributed by atoms with Gasteiger partial charge in [-0.1, -0.05) is 0 Å². The van der Waals surface area contributed by atoms with E-state index in [9.17, 15) is 0 Å². The highest BCUT2D eigenvalue weighted by atomic mass is 32.2. The van der Waals surface area contributed by atoms with E-state index in [4.69, 9.17) is 9.72 Å². The summed E-state index contributed by atoms with van der Waals surface area (Å²) in [5, 5.41) is 3.36. The molecule has 1 aromatic rings. The molecule has 1 atom stereocenters. The first-order valence-electron chi connectivity index (χ1n) is 7.22. The maximum Gasteiger partial charge on any atom is 0.131 e. The van der Waals surface area contributed by atoms with E-state index < -0.39 is 0 Å². The van der Waals surface area contributed by atoms with Crippen molar-refractivity contribution in [1.82, 2.24) is 10.3 Å². The topological polar surface area (TPSA) is 37.4 Å². The lowest BCUT2D eigenvalue weighted by Gasteiger charge is -2.35. The van der Waals surface area contributed by atoms with E-state index in [2.05, 4.69) is 30.1 Å². The molecule has 1 saturated heterocycles. The lowest BCUT2D eigenvalue weighted by molar-refractivity contribution is 0.199. The van der Waals surface area contributed by atoms with Gasteiger partial charge in [-0.05, 0) is 31.0 Å². The third-order valence-corrected chi connectivity index (χ3v) is 4.75. The average molecular weight is 295 g/mol. The minimum Gasteiger partial charge on any atom is -0.383 e. The third-order valence-electron chi connectivity index (χ3n) is 3.56. The summed E-state index contributed by atoms with van der Waals surface area (Å²) in [7, 11) is 1.72. The Morgan fingerprint density at radius 1 is 1.55 bits per heavy atom. The minimum atomic E-state index is 0.575. The number of nitrogens with one attached hydrogen (secondary N) is 1. The van der Waals surface area contributed by atoms with Crippen molar-refractivity contribution in [2.45, 2.75) is 26.4 Å². The summed E-state index contributed by atoms with van der Waals surface area (Å²) in [5.74, 6) is 3.55. The number of hydrogen-bond donors (Lipinski definition) is 1. The van der Waals surface area contributed by atoms with Crippen LogP contribution in [0.4, 0.5) is 5.82 Å². The number of rotatable bonds is 6. The zero-order valence-electron chi connectivity index (χ0n) is 12.7. The van der Waals surface area contributed by atoms with Crippen LogP contribution in [0, 0.1) is 6.92 Å². The van der Waals surface area contributed by atoms with Crippen LogP contribution in [0.1, 0.15) is 18.1 Å². The summed E-state index contributed by atoms with van der Waals surface area (Å²) in [4.78, 5) is 7.14. The van der Waals surface area contributed by atoms with Crippen molar-refractivity contribution in [1.29, 1.82) is 0 Å². The van der Waals surface area contributed by atoms with Crippen molar-refractivity contribution in [2.24, 2.45) is 0 Å². The van der Waals surface area contributed by atoms with Gasteiger partial charge in [0.1, 0.15) is 5.82 Å². The van der Waals surface area contributed by atoms with Crippen molar-refractivity contribution in [3.05, 3.63) is 23.4 Å². The standard InChI is InChI=1S/C15H25N3OS/c1-12-8-14(9-16-4-6-19-3)10-17-15(12)18-5-7-20-11-13(18)2/h8,10,13,16H,4-7,9,11H2,1-3H3. The van der Waals surface area contributed by atoms with E-state index >= 15 is 0 Å². The van der Waals surface area contributed by atoms with Gasteiger partial charge in [-0.15, -0.1) is 0 Å². The highest BCUT2D eigenvalue weighted by Gasteiger charge is 2.21. The highest BCUT2D eigenvalue weighted by Crippen LogP contribution is 2.25. The lowest BCUT2D eigenvalue weighted by Crippen LogP contribution is -2.41. The molecule has 0 radical (unpaired) electrons. The fourth-order valence-electron chi connectivity index (χ4n) is 2.47. The van der Waals surface area contributed by atoms with Gasteiger partial charge in [0.25, 0.3) is 0 Å². The predicted octanol–water partition coefficient (Wildman–Crippen LogP) is 2.07. The van der Waals surface area contributed by atoms with E-state index in [1.54, 1.807) is 7.11 Å². The Hall–Kier alpha value is -0.780. The number of ether oxygens (including phenoxy) is 1. The Morgan fingerprint density at radius 2 is 2.40 bits per heavy atom. The van der Waals surface area contributed by atoms with Crippen molar-refractivity contribution < 1.29 is 4.74 Å². The minimum absolute atomic E-state index is 0.575. The summed E-state index contributed by atoms with van der Waals surface area (Å²) in [6.45, 7) is 8.02. The quantitative estimate of drug-likeness (QED) is 0.813. The van der Waals surface area contributed by atoms with Gasteiger partial charge in [-0.3, -0.25) is 0 Å². The molecule has 1 aliphatic rings. The molecule has 5 heteroatoms. The van der Waals surface area contributed by atoms with Crippen molar-refractivity contribution in [2.75, 3.05) is 43.2 Å². The molecule has 1 fully saturated rings. The largest absolute Gasteiger partial charge is 0.383 e. The molecular weight excluding hydrogens is 270 g/mol. The van der Waals surface area contributed by atoms with Crippen LogP contribution in [-0.2, 0) is 11.3 Å². The molecule has 2 rings (SSSR count). The molecule has 0 bridgehead atoms. The molecule has 0 aliphatic carbocycles. The van der Waals surface area contributed by atoms with Gasteiger partial charge in [0.05, 0.1) is 6.61 Å². The summed E-state index contributed by atoms with van der Waals surface area (Å²) >= 11 is 2.03. The molecule has 4 nitrogen and oxygen atoms in total. The second-order valence-corrected chi connectivity index (χ2v) is 6.42. The molecule has 0 saturated carbocycles. The smallest absolute Gasteiger partial charge is 0.131 e. The normalized spacial score (nSPS) is 19.4. The fraction of sp³-hybridized carbons (Fsp3) is 0.667. The van der Waals surface area contributed by atoms with Gasteiger partial charge < -0.3 is 15.0 Å². The van der Waals surface area contributed by atoms with Crippen LogP contribution in [0.15, 0.2) is 12.3 Å². The van der Waals surface area contributed by atoms with E-state index in [1.165, 1.54) is 22.6 Å². The Labute approximate surface area is 126 Å². The maximum atomic E-state index is 5.03. The first-order valence-corrected chi connectivity index (χ1v) is 8.37. The van der Waals surface area contributed by atoms with Gasteiger partial charge in [0, 0.05) is 50.5 Å². The van der Waals surface area contributed by atoms with Gasteiger partial charge >= 0.3 is 0 Å². The Kier molecular flexibility index (Phi) is 6.13. The van der Waals surface area contributed by atoms with Crippen LogP contribution >= 0.6 is 11.8 Å². The number of pyridine rings is 1. The molecule has 1 aromatic heterocycles. The molecule has 1 aliphatic heterocycles. The molecule has 0 spiro atoms. The summed E-state index contributed by atoms with van der Waals surface area (Å²) in [5.41, 5.74) is 2.51. The van der Waals surface area contributed by atoms with Crippen LogP contribution in [0.3, 0.4) is 0 Å². The van der Waals surface area contributed by atoms with Crippen molar-refractivity contribution in [3.8, 4) is 0 Å². The lowest BCUT2D eigenvalue weighted by atomic mass is 10.1. The second-order valence-electron chi connectivity index (χ2n) is 5.27. The summed E-state index contributed by atoms with van der Waals surface area (Å²) in [6, 6.07) is 2.82. The van der Waals surface area contributed by atoms with E-state index in [0.29, 0.717) is 6.04 Å². The number of aromatic nitrogens is 1. The van der Waals surface area contributed by atoms with Crippen LogP contribution in [0.2, 0.25) is 0 Å². The average Bonchev–Trinajstić information content (AvgIpc) is 2.45. The molecule has 20 heavy (non-hydrogen) atoms. The van der Waals surface area contributed by atoms with Gasteiger partial charge in [0.15, 0.2) is 0 Å². The second kappa shape index (κ2) is 7.86. The van der Waals surface area contributed by atoms with E-state index in [0.717, 1.165) is 32.1 Å². The maximum absolute atomic E-state index is 5.03. The molecular formula is C15H25N3OS. The number of anilines is 1. The number of thioether (sulfide) groups is 1. The van der Waals surface area contributed by atoms with Gasteiger partial charge in [-0.25, -0.2) is 4.98 Å². The fourth-order valence-corrected chi connectivity index (χ4v) is 3.49. The molecule has 0 amide bonds. The van der Waals surface area contributed by atoms with E-state index in [-0.39, 0.29) is 0 Å². The van der Waals surface area contributed by atoms with Crippen LogP contribution in [-0.4, -0.2) is 49.3 Å². The summed E-state index contributed by atoms with van der Waals surface area (Å²) < 4.78 is 5.03. The van der Waals surface area contributed by atoms with Crippen molar-refractivity contribution in [3.63, 3.8) is 0 Å². The van der Waals surface area contributed by atoms with Crippen LogP contribution in [0.5, 0.6) is 0 Å². The first kappa shape index (κ1) is 15.6. The number of aryl methyl sites for hydroxylation is 1. The number of nitrogens with zero attached hydrogens (tertiary/aromatic N) is 2. The zero-order chi connectivity index (χ0) is 14.4. The number of methoxy groups -OCH3 is 1. The Bertz CT molecular complexity index is 428. The molecule has 112 valence electrons. The van der Waals surface area contributed by atoms with E-state index in [1.807, 2.05) is 18.0 Å². The van der Waals surface area contributed by atoms with Crippen molar-refractivity contribution >= 4 is 17.6 Å².